The quantitative estimate of drug-likeness (QED) is 0.721. The first-order valence-electron chi connectivity index (χ1n) is 9.32. The van der Waals surface area contributed by atoms with E-state index in [2.05, 4.69) is 10.1 Å². The number of rotatable bonds is 4. The van der Waals surface area contributed by atoms with Gasteiger partial charge in [-0.15, -0.1) is 0 Å². The Hall–Kier alpha value is -1.19. The summed E-state index contributed by atoms with van der Waals surface area (Å²) in [6.07, 6.45) is 2.49. The smallest absolute Gasteiger partial charge is 0.244 e. The molecule has 0 unspecified atom stereocenters. The van der Waals surface area contributed by atoms with E-state index >= 15 is 0 Å². The summed E-state index contributed by atoms with van der Waals surface area (Å²) in [6, 6.07) is 4.44. The number of hydrogen-bond donors (Lipinski definition) is 0. The van der Waals surface area contributed by atoms with Gasteiger partial charge in [-0.3, -0.25) is 0 Å². The van der Waals surface area contributed by atoms with Crippen LogP contribution in [-0.4, -0.2) is 53.8 Å². The molecule has 0 bridgehead atoms. The molecule has 3 heterocycles. The van der Waals surface area contributed by atoms with Gasteiger partial charge >= 0.3 is 0 Å². The van der Waals surface area contributed by atoms with E-state index < -0.39 is 10.0 Å². The van der Waals surface area contributed by atoms with Gasteiger partial charge in [0.05, 0.1) is 11.1 Å². The first-order valence-corrected chi connectivity index (χ1v) is 11.5. The predicted molar refractivity (Wildman–Crippen MR) is 106 cm³/mol. The molecular weight excluding hydrogens is 423 g/mol. The Morgan fingerprint density at radius 1 is 1.18 bits per heavy atom. The molecule has 1 atom stereocenters. The van der Waals surface area contributed by atoms with Gasteiger partial charge in [-0.25, -0.2) is 18.1 Å². The molecule has 28 heavy (non-hydrogen) atoms. The van der Waals surface area contributed by atoms with Crippen molar-refractivity contribution in [3.8, 4) is 0 Å². The van der Waals surface area contributed by atoms with Gasteiger partial charge in [0.25, 0.3) is 0 Å². The second-order valence-electron chi connectivity index (χ2n) is 7.23. The van der Waals surface area contributed by atoms with E-state index in [9.17, 15) is 8.42 Å². The summed E-state index contributed by atoms with van der Waals surface area (Å²) in [5.74, 6) is 1.94. The van der Waals surface area contributed by atoms with Crippen LogP contribution in [0.4, 0.5) is 0 Å². The Kier molecular flexibility index (Phi) is 5.68. The van der Waals surface area contributed by atoms with Gasteiger partial charge in [0.1, 0.15) is 16.5 Å². The highest BCUT2D eigenvalue weighted by atomic mass is 35.5. The van der Waals surface area contributed by atoms with Gasteiger partial charge in [0.2, 0.25) is 10.0 Å². The van der Waals surface area contributed by atoms with Crippen LogP contribution in [0.5, 0.6) is 0 Å². The minimum atomic E-state index is -3.73. The van der Waals surface area contributed by atoms with Crippen LogP contribution in [0.15, 0.2) is 23.1 Å². The molecule has 0 amide bonds. The zero-order valence-electron chi connectivity index (χ0n) is 15.5. The molecule has 2 fully saturated rings. The summed E-state index contributed by atoms with van der Waals surface area (Å²) in [4.78, 5) is 4.68. The highest BCUT2D eigenvalue weighted by Gasteiger charge is 2.37. The molecule has 0 saturated carbocycles. The maximum Gasteiger partial charge on any atom is 0.244 e. The SMILES string of the molecule is Cc1nc(C2CCOCC2)n([C@H]2CCN(S(=O)(=O)c3cc(Cl)ccc3Cl)C2)n1. The normalized spacial score (nSPS) is 22.0. The van der Waals surface area contributed by atoms with Crippen LogP contribution in [0.3, 0.4) is 0 Å². The lowest BCUT2D eigenvalue weighted by Gasteiger charge is -2.24. The van der Waals surface area contributed by atoms with Crippen LogP contribution in [0, 0.1) is 6.92 Å². The third-order valence-corrected chi connectivity index (χ3v) is 7.91. The van der Waals surface area contributed by atoms with Crippen LogP contribution in [0.2, 0.25) is 10.0 Å². The molecule has 152 valence electrons. The Morgan fingerprint density at radius 3 is 2.68 bits per heavy atom. The van der Waals surface area contributed by atoms with Crippen molar-refractivity contribution in [2.24, 2.45) is 0 Å². The molecular formula is C18H22Cl2N4O3S. The molecule has 4 rings (SSSR count). The van der Waals surface area contributed by atoms with Crippen molar-refractivity contribution in [3.63, 3.8) is 0 Å². The highest BCUT2D eigenvalue weighted by molar-refractivity contribution is 7.89. The number of nitrogens with zero attached hydrogens (tertiary/aromatic N) is 4. The fraction of sp³-hybridized carbons (Fsp3) is 0.556. The maximum absolute atomic E-state index is 13.1. The molecule has 7 nitrogen and oxygen atoms in total. The molecule has 2 aliphatic heterocycles. The Balaban J connectivity index is 1.59. The molecule has 2 aromatic rings. The van der Waals surface area contributed by atoms with E-state index in [1.807, 2.05) is 11.6 Å². The number of ether oxygens (including phenoxy) is 1. The molecule has 10 heteroatoms. The Labute approximate surface area is 174 Å². The first kappa shape index (κ1) is 20.1. The molecule has 0 aliphatic carbocycles. The van der Waals surface area contributed by atoms with E-state index in [0.29, 0.717) is 36.3 Å². The average Bonchev–Trinajstić information content (AvgIpc) is 3.31. The van der Waals surface area contributed by atoms with E-state index in [1.54, 1.807) is 6.07 Å². The average molecular weight is 445 g/mol. The number of halogens is 2. The van der Waals surface area contributed by atoms with Crippen molar-refractivity contribution in [1.29, 1.82) is 0 Å². The van der Waals surface area contributed by atoms with E-state index in [-0.39, 0.29) is 16.0 Å². The summed E-state index contributed by atoms with van der Waals surface area (Å²) in [7, 11) is -3.73. The van der Waals surface area contributed by atoms with Crippen LogP contribution in [0.25, 0.3) is 0 Å². The lowest BCUT2D eigenvalue weighted by Crippen LogP contribution is -2.30. The van der Waals surface area contributed by atoms with Crippen molar-refractivity contribution in [1.82, 2.24) is 19.1 Å². The summed E-state index contributed by atoms with van der Waals surface area (Å²) < 4.78 is 35.0. The largest absolute Gasteiger partial charge is 0.381 e. The van der Waals surface area contributed by atoms with Gasteiger partial charge in [-0.1, -0.05) is 23.2 Å². The minimum Gasteiger partial charge on any atom is -0.381 e. The summed E-state index contributed by atoms with van der Waals surface area (Å²) >= 11 is 12.1. The van der Waals surface area contributed by atoms with E-state index in [4.69, 9.17) is 27.9 Å². The van der Waals surface area contributed by atoms with Gasteiger partial charge < -0.3 is 4.74 Å². The number of hydrogen-bond acceptors (Lipinski definition) is 5. The number of aromatic nitrogens is 3. The third-order valence-electron chi connectivity index (χ3n) is 5.33. The van der Waals surface area contributed by atoms with Crippen LogP contribution < -0.4 is 0 Å². The molecule has 1 aromatic carbocycles. The third kappa shape index (κ3) is 3.80. The van der Waals surface area contributed by atoms with Crippen molar-refractivity contribution in [2.45, 2.75) is 43.0 Å². The van der Waals surface area contributed by atoms with Gasteiger partial charge in [0, 0.05) is 37.2 Å². The van der Waals surface area contributed by atoms with Crippen molar-refractivity contribution in [3.05, 3.63) is 39.9 Å². The zero-order valence-corrected chi connectivity index (χ0v) is 17.8. The summed E-state index contributed by atoms with van der Waals surface area (Å²) in [5, 5.41) is 5.10. The van der Waals surface area contributed by atoms with E-state index in [0.717, 1.165) is 31.9 Å². The number of benzene rings is 1. The Morgan fingerprint density at radius 2 is 1.93 bits per heavy atom. The Bertz CT molecular complexity index is 973. The van der Waals surface area contributed by atoms with Crippen LogP contribution in [-0.2, 0) is 14.8 Å². The minimum absolute atomic E-state index is 0.0433. The number of sulfonamides is 1. The van der Waals surface area contributed by atoms with Crippen molar-refractivity contribution in [2.75, 3.05) is 26.3 Å². The lowest BCUT2D eigenvalue weighted by molar-refractivity contribution is 0.0821. The fourth-order valence-corrected chi connectivity index (χ4v) is 6.12. The van der Waals surface area contributed by atoms with Crippen LogP contribution >= 0.6 is 23.2 Å². The van der Waals surface area contributed by atoms with E-state index in [1.165, 1.54) is 16.4 Å². The molecule has 2 aliphatic rings. The lowest BCUT2D eigenvalue weighted by atomic mass is 9.99. The predicted octanol–water partition coefficient (Wildman–Crippen LogP) is 3.42. The second-order valence-corrected chi connectivity index (χ2v) is 9.98. The zero-order chi connectivity index (χ0) is 19.9. The molecule has 2 saturated heterocycles. The first-order chi connectivity index (χ1) is 13.4. The molecule has 0 spiro atoms. The molecule has 1 aromatic heterocycles. The van der Waals surface area contributed by atoms with Gasteiger partial charge in [0.15, 0.2) is 0 Å². The van der Waals surface area contributed by atoms with Crippen LogP contribution in [0.1, 0.15) is 42.9 Å². The second kappa shape index (κ2) is 7.91. The van der Waals surface area contributed by atoms with Crippen molar-refractivity contribution < 1.29 is 13.2 Å². The van der Waals surface area contributed by atoms with Gasteiger partial charge in [-0.05, 0) is 44.4 Å². The van der Waals surface area contributed by atoms with Crippen molar-refractivity contribution >= 4 is 33.2 Å². The molecule has 0 N–H and O–H groups in total. The monoisotopic (exact) mass is 444 g/mol. The summed E-state index contributed by atoms with van der Waals surface area (Å²) in [6.45, 7) is 4.05. The highest BCUT2D eigenvalue weighted by Crippen LogP contribution is 2.34. The standard InChI is InChI=1S/C18H22Cl2N4O3S/c1-12-21-18(13-5-8-27-9-6-13)24(22-12)15-4-7-23(11-15)28(25,26)17-10-14(19)2-3-16(17)20/h2-3,10,13,15H,4-9,11H2,1H3/t15-/m0/s1. The molecule has 0 radical (unpaired) electrons. The topological polar surface area (TPSA) is 77.3 Å². The number of aryl methyl sites for hydroxylation is 1. The maximum atomic E-state index is 13.1. The van der Waals surface area contributed by atoms with Gasteiger partial charge in [-0.2, -0.15) is 9.40 Å². The summed E-state index contributed by atoms with van der Waals surface area (Å²) in [5.41, 5.74) is 0. The fourth-order valence-electron chi connectivity index (χ4n) is 3.89.